The molecule has 5 rings (SSSR count). The van der Waals surface area contributed by atoms with E-state index in [4.69, 9.17) is 11.6 Å². The van der Waals surface area contributed by atoms with Crippen molar-refractivity contribution in [1.29, 1.82) is 5.26 Å². The number of nitrogens with zero attached hydrogens (tertiary/aromatic N) is 4. The van der Waals surface area contributed by atoms with E-state index in [1.165, 1.54) is 0 Å². The number of ketones is 1. The largest absolute Gasteiger partial charge is 0.369 e. The van der Waals surface area contributed by atoms with E-state index >= 15 is 0 Å². The van der Waals surface area contributed by atoms with E-state index in [1.807, 2.05) is 43.0 Å². The van der Waals surface area contributed by atoms with E-state index in [0.717, 1.165) is 28.7 Å². The van der Waals surface area contributed by atoms with Gasteiger partial charge in [0.25, 0.3) is 5.91 Å². The van der Waals surface area contributed by atoms with Crippen molar-refractivity contribution in [3.05, 3.63) is 111 Å². The molecule has 0 radical (unpaired) electrons. The van der Waals surface area contributed by atoms with E-state index in [-0.39, 0.29) is 22.9 Å². The van der Waals surface area contributed by atoms with Crippen LogP contribution in [0.3, 0.4) is 0 Å². The maximum Gasteiger partial charge on any atom is 0.254 e. The molecule has 7 nitrogen and oxygen atoms in total. The van der Waals surface area contributed by atoms with Crippen LogP contribution in [0.1, 0.15) is 55.1 Å². The number of fused-ring (bicyclic) bond motifs is 1. The normalized spacial score (nSPS) is 12.7. The number of aromatic nitrogens is 2. The number of hydrogen-bond donors (Lipinski definition) is 1. The Morgan fingerprint density at radius 1 is 1.05 bits per heavy atom. The molecule has 3 aromatic carbocycles. The highest BCUT2D eigenvalue weighted by Gasteiger charge is 2.26. The smallest absolute Gasteiger partial charge is 0.254 e. The van der Waals surface area contributed by atoms with Gasteiger partial charge in [0.2, 0.25) is 5.78 Å². The molecule has 1 aliphatic rings. The molecule has 2 heterocycles. The molecular formula is C31H28ClN5O2. The molecule has 39 heavy (non-hydrogen) atoms. The number of nitrogens with one attached hydrogen (secondary N) is 1. The number of hydrogen-bond acceptors (Lipinski definition) is 5. The van der Waals surface area contributed by atoms with Crippen LogP contribution in [0.4, 0.5) is 5.82 Å². The van der Waals surface area contributed by atoms with Gasteiger partial charge in [-0.1, -0.05) is 59.1 Å². The quantitative estimate of drug-likeness (QED) is 0.228. The minimum absolute atomic E-state index is 0.0474. The van der Waals surface area contributed by atoms with E-state index in [1.54, 1.807) is 41.1 Å². The molecule has 0 bridgehead atoms. The lowest BCUT2D eigenvalue weighted by Gasteiger charge is -2.29. The average Bonchev–Trinajstić information content (AvgIpc) is 3.31. The highest BCUT2D eigenvalue weighted by atomic mass is 35.5. The van der Waals surface area contributed by atoms with Gasteiger partial charge in [-0.2, -0.15) is 10.4 Å². The van der Waals surface area contributed by atoms with Crippen LogP contribution in [-0.4, -0.2) is 46.0 Å². The third-order valence-electron chi connectivity index (χ3n) is 6.92. The van der Waals surface area contributed by atoms with Gasteiger partial charge in [0.05, 0.1) is 5.69 Å². The molecule has 1 amide bonds. The van der Waals surface area contributed by atoms with Crippen LogP contribution in [0.25, 0.3) is 5.69 Å². The Hall–Kier alpha value is -4.41. The monoisotopic (exact) mass is 537 g/mol. The van der Waals surface area contributed by atoms with Gasteiger partial charge in [-0.15, -0.1) is 0 Å². The highest BCUT2D eigenvalue weighted by Crippen LogP contribution is 2.27. The molecule has 0 fully saturated rings. The van der Waals surface area contributed by atoms with Gasteiger partial charge in [0, 0.05) is 35.8 Å². The minimum Gasteiger partial charge on any atom is -0.369 e. The van der Waals surface area contributed by atoms with Crippen LogP contribution >= 0.6 is 11.6 Å². The fraction of sp³-hybridized carbons (Fsp3) is 0.226. The zero-order valence-corrected chi connectivity index (χ0v) is 22.6. The Morgan fingerprint density at radius 2 is 1.77 bits per heavy atom. The van der Waals surface area contributed by atoms with Crippen molar-refractivity contribution < 1.29 is 9.59 Å². The van der Waals surface area contributed by atoms with Gasteiger partial charge in [-0.25, -0.2) is 4.68 Å². The van der Waals surface area contributed by atoms with E-state index in [9.17, 15) is 14.9 Å². The van der Waals surface area contributed by atoms with Crippen molar-refractivity contribution in [2.75, 3.05) is 25.0 Å². The summed E-state index contributed by atoms with van der Waals surface area (Å²) in [4.78, 5) is 28.2. The van der Waals surface area contributed by atoms with Gasteiger partial charge in [0.15, 0.2) is 5.69 Å². The fourth-order valence-electron chi connectivity index (χ4n) is 4.81. The number of carbonyl (C=O) groups is 2. The molecule has 1 aliphatic heterocycles. The van der Waals surface area contributed by atoms with Crippen LogP contribution < -0.4 is 5.32 Å². The van der Waals surface area contributed by atoms with Crippen molar-refractivity contribution in [3.8, 4) is 11.8 Å². The maximum atomic E-state index is 13.4. The Labute approximate surface area is 232 Å². The summed E-state index contributed by atoms with van der Waals surface area (Å²) in [6.07, 6.45) is 1.49. The van der Waals surface area contributed by atoms with Crippen LogP contribution in [0.15, 0.2) is 66.7 Å². The van der Waals surface area contributed by atoms with Crippen LogP contribution in [0, 0.1) is 25.2 Å². The van der Waals surface area contributed by atoms with Gasteiger partial charge >= 0.3 is 0 Å². The van der Waals surface area contributed by atoms with Crippen LogP contribution in [0.5, 0.6) is 0 Å². The molecule has 0 unspecified atom stereocenters. The first-order valence-corrected chi connectivity index (χ1v) is 13.3. The standard InChI is InChI=1S/C31H28ClN5O2/c1-20-4-7-22(8-5-20)29(38)28-27(19-33)30(37(35-28)25-11-9-24(32)10-12-25)34-15-3-16-36-17-14-23-18-21(2)6-13-26(23)31(36)39/h4-13,18,34H,3,14-17H2,1-2H3. The lowest BCUT2D eigenvalue weighted by Crippen LogP contribution is -2.38. The first-order valence-electron chi connectivity index (χ1n) is 12.9. The van der Waals surface area contributed by atoms with Gasteiger partial charge in [0.1, 0.15) is 17.5 Å². The summed E-state index contributed by atoms with van der Waals surface area (Å²) in [5, 5.41) is 18.5. The molecule has 1 aromatic heterocycles. The second-order valence-corrected chi connectivity index (χ2v) is 10.2. The first-order chi connectivity index (χ1) is 18.9. The summed E-state index contributed by atoms with van der Waals surface area (Å²) in [5.41, 5.74) is 5.45. The lowest BCUT2D eigenvalue weighted by molar-refractivity contribution is 0.0739. The van der Waals surface area contributed by atoms with Crippen molar-refractivity contribution in [2.45, 2.75) is 26.7 Å². The Kier molecular flexibility index (Phi) is 7.49. The SMILES string of the molecule is Cc1ccc(C(=O)c2nn(-c3ccc(Cl)cc3)c(NCCCN3CCc4cc(C)ccc4C3=O)c2C#N)cc1. The summed E-state index contributed by atoms with van der Waals surface area (Å²) in [6.45, 7) is 5.72. The van der Waals surface area contributed by atoms with E-state index in [2.05, 4.69) is 22.6 Å². The van der Waals surface area contributed by atoms with E-state index < -0.39 is 0 Å². The molecule has 4 aromatic rings. The summed E-state index contributed by atoms with van der Waals surface area (Å²) in [5.74, 6) is 0.155. The molecule has 0 atom stereocenters. The molecule has 0 aliphatic carbocycles. The molecule has 1 N–H and O–H groups in total. The van der Waals surface area contributed by atoms with Crippen LogP contribution in [0.2, 0.25) is 5.02 Å². The number of anilines is 1. The average molecular weight is 538 g/mol. The predicted molar refractivity (Wildman–Crippen MR) is 152 cm³/mol. The number of aryl methyl sites for hydroxylation is 2. The number of amides is 1. The molecular weight excluding hydrogens is 510 g/mol. The molecule has 196 valence electrons. The van der Waals surface area contributed by atoms with Crippen molar-refractivity contribution >= 4 is 29.1 Å². The Balaban J connectivity index is 1.37. The summed E-state index contributed by atoms with van der Waals surface area (Å²) in [7, 11) is 0. The number of carbonyl (C=O) groups excluding carboxylic acids is 2. The summed E-state index contributed by atoms with van der Waals surface area (Å²) < 4.78 is 1.57. The zero-order chi connectivity index (χ0) is 27.5. The van der Waals surface area contributed by atoms with Gasteiger partial charge < -0.3 is 10.2 Å². The minimum atomic E-state index is -0.324. The second-order valence-electron chi connectivity index (χ2n) is 9.75. The van der Waals surface area contributed by atoms with Crippen molar-refractivity contribution in [1.82, 2.24) is 14.7 Å². The molecule has 8 heteroatoms. The van der Waals surface area contributed by atoms with Crippen molar-refractivity contribution in [2.24, 2.45) is 0 Å². The molecule has 0 saturated heterocycles. The Morgan fingerprint density at radius 3 is 2.49 bits per heavy atom. The number of nitriles is 1. The lowest BCUT2D eigenvalue weighted by atomic mass is 9.97. The number of halogens is 1. The van der Waals surface area contributed by atoms with Gasteiger partial charge in [-0.3, -0.25) is 9.59 Å². The van der Waals surface area contributed by atoms with Crippen molar-refractivity contribution in [3.63, 3.8) is 0 Å². The fourth-order valence-corrected chi connectivity index (χ4v) is 4.94. The van der Waals surface area contributed by atoms with Crippen LogP contribution in [-0.2, 0) is 6.42 Å². The van der Waals surface area contributed by atoms with Gasteiger partial charge in [-0.05, 0) is 62.6 Å². The second kappa shape index (κ2) is 11.1. The summed E-state index contributed by atoms with van der Waals surface area (Å²) >= 11 is 6.09. The topological polar surface area (TPSA) is 91.0 Å². The zero-order valence-electron chi connectivity index (χ0n) is 21.9. The molecule has 0 saturated carbocycles. The molecule has 0 spiro atoms. The maximum absolute atomic E-state index is 13.4. The first kappa shape index (κ1) is 26.2. The van der Waals surface area contributed by atoms with E-state index in [0.29, 0.717) is 48.1 Å². The number of rotatable bonds is 8. The predicted octanol–water partition coefficient (Wildman–Crippen LogP) is 5.75. The summed E-state index contributed by atoms with van der Waals surface area (Å²) in [6, 6.07) is 22.4. The third-order valence-corrected chi connectivity index (χ3v) is 7.18. The third kappa shape index (κ3) is 5.43. The Bertz CT molecular complexity index is 1580. The highest BCUT2D eigenvalue weighted by molar-refractivity contribution is 6.30. The number of benzene rings is 3.